The maximum atomic E-state index is 11.4. The monoisotopic (exact) mass is 269 g/mol. The maximum absolute atomic E-state index is 11.4. The molecule has 3 rings (SSSR count). The lowest BCUT2D eigenvalue weighted by Gasteiger charge is -2.31. The Hall–Kier alpha value is -2.63. The number of hydrogen-bond donors (Lipinski definition) is 2. The molecule has 2 heterocycles. The Kier molecular flexibility index (Phi) is 2.98. The number of nitrogens with zero attached hydrogens (tertiary/aromatic N) is 3. The molecule has 1 aromatic heterocycles. The first-order valence-corrected chi connectivity index (χ1v) is 6.39. The first-order chi connectivity index (χ1) is 9.66. The summed E-state index contributed by atoms with van der Waals surface area (Å²) in [6.45, 7) is 1.37. The summed E-state index contributed by atoms with van der Waals surface area (Å²) >= 11 is 0. The summed E-state index contributed by atoms with van der Waals surface area (Å²) in [6, 6.07) is 5.92. The van der Waals surface area contributed by atoms with E-state index >= 15 is 0 Å². The molecule has 20 heavy (non-hydrogen) atoms. The fourth-order valence-corrected chi connectivity index (χ4v) is 2.52. The standard InChI is InChI=1S/C14H15N5O/c15-11-3-1-2-9-4-7-19(8-10(9)11)14-12(13(16)20)17-5-6-18-14/h1-3,5-6H,4,7-8,15H2,(H2,16,20). The van der Waals surface area contributed by atoms with Crippen LogP contribution in [0, 0.1) is 0 Å². The van der Waals surface area contributed by atoms with Gasteiger partial charge in [-0.2, -0.15) is 0 Å². The van der Waals surface area contributed by atoms with Gasteiger partial charge < -0.3 is 16.4 Å². The molecule has 1 amide bonds. The number of carbonyl (C=O) groups excluding carboxylic acids is 1. The van der Waals surface area contributed by atoms with Gasteiger partial charge >= 0.3 is 0 Å². The molecule has 102 valence electrons. The molecule has 0 spiro atoms. The third kappa shape index (κ3) is 2.05. The van der Waals surface area contributed by atoms with Crippen molar-refractivity contribution in [1.82, 2.24) is 9.97 Å². The van der Waals surface area contributed by atoms with Gasteiger partial charge in [-0.1, -0.05) is 12.1 Å². The first kappa shape index (κ1) is 12.4. The summed E-state index contributed by atoms with van der Waals surface area (Å²) < 4.78 is 0. The minimum atomic E-state index is -0.570. The van der Waals surface area contributed by atoms with Crippen LogP contribution in [-0.2, 0) is 13.0 Å². The van der Waals surface area contributed by atoms with Gasteiger partial charge in [0.2, 0.25) is 0 Å². The average Bonchev–Trinajstić information content (AvgIpc) is 2.47. The second-order valence-corrected chi connectivity index (χ2v) is 4.75. The molecule has 2 aromatic rings. The number of aromatic nitrogens is 2. The van der Waals surface area contributed by atoms with Crippen molar-refractivity contribution in [3.8, 4) is 0 Å². The maximum Gasteiger partial charge on any atom is 0.271 e. The number of hydrogen-bond acceptors (Lipinski definition) is 5. The zero-order valence-electron chi connectivity index (χ0n) is 10.9. The predicted molar refractivity (Wildman–Crippen MR) is 76.2 cm³/mol. The second-order valence-electron chi connectivity index (χ2n) is 4.75. The van der Waals surface area contributed by atoms with Crippen LogP contribution in [0.3, 0.4) is 0 Å². The number of nitrogen functional groups attached to an aromatic ring is 1. The highest BCUT2D eigenvalue weighted by atomic mass is 16.1. The van der Waals surface area contributed by atoms with E-state index in [1.54, 1.807) is 6.20 Å². The van der Waals surface area contributed by atoms with Gasteiger partial charge in [0.05, 0.1) is 0 Å². The third-order valence-electron chi connectivity index (χ3n) is 3.52. The van der Waals surface area contributed by atoms with Gasteiger partial charge in [0.1, 0.15) is 0 Å². The molecule has 4 N–H and O–H groups in total. The number of fused-ring (bicyclic) bond motifs is 1. The van der Waals surface area contributed by atoms with Crippen molar-refractivity contribution in [3.05, 3.63) is 47.4 Å². The van der Waals surface area contributed by atoms with Gasteiger partial charge in [-0.05, 0) is 23.6 Å². The quantitative estimate of drug-likeness (QED) is 0.783. The van der Waals surface area contributed by atoms with Crippen LogP contribution in [0.1, 0.15) is 21.6 Å². The molecule has 6 heteroatoms. The summed E-state index contributed by atoms with van der Waals surface area (Å²) in [7, 11) is 0. The van der Waals surface area contributed by atoms with Crippen molar-refractivity contribution < 1.29 is 4.79 Å². The van der Waals surface area contributed by atoms with Gasteiger partial charge in [-0.3, -0.25) is 4.79 Å². The zero-order chi connectivity index (χ0) is 14.1. The number of primary amides is 1. The number of carbonyl (C=O) groups is 1. The van der Waals surface area contributed by atoms with Crippen LogP contribution < -0.4 is 16.4 Å². The van der Waals surface area contributed by atoms with Gasteiger partial charge in [0.25, 0.3) is 5.91 Å². The van der Waals surface area contributed by atoms with E-state index in [2.05, 4.69) is 16.0 Å². The van der Waals surface area contributed by atoms with E-state index in [1.807, 2.05) is 17.0 Å². The Labute approximate surface area is 116 Å². The molecule has 1 aliphatic heterocycles. The largest absolute Gasteiger partial charge is 0.398 e. The number of rotatable bonds is 2. The van der Waals surface area contributed by atoms with E-state index in [1.165, 1.54) is 11.8 Å². The van der Waals surface area contributed by atoms with Gasteiger partial charge in [-0.25, -0.2) is 9.97 Å². The summed E-state index contributed by atoms with van der Waals surface area (Å²) in [5.41, 5.74) is 14.7. The highest BCUT2D eigenvalue weighted by Gasteiger charge is 2.23. The Balaban J connectivity index is 1.99. The number of nitrogens with two attached hydrogens (primary N) is 2. The topological polar surface area (TPSA) is 98.1 Å². The minimum absolute atomic E-state index is 0.199. The molecular weight excluding hydrogens is 254 g/mol. The van der Waals surface area contributed by atoms with E-state index in [0.29, 0.717) is 12.4 Å². The van der Waals surface area contributed by atoms with Crippen LogP contribution in [-0.4, -0.2) is 22.4 Å². The molecule has 0 bridgehead atoms. The Morgan fingerprint density at radius 1 is 1.25 bits per heavy atom. The average molecular weight is 269 g/mol. The zero-order valence-corrected chi connectivity index (χ0v) is 10.9. The normalized spacial score (nSPS) is 13.9. The van der Waals surface area contributed by atoms with Crippen molar-refractivity contribution in [2.24, 2.45) is 5.73 Å². The molecule has 0 fully saturated rings. The molecule has 0 atom stereocenters. The van der Waals surface area contributed by atoms with Crippen molar-refractivity contribution >= 4 is 17.4 Å². The van der Waals surface area contributed by atoms with Crippen LogP contribution in [0.2, 0.25) is 0 Å². The SMILES string of the molecule is NC(=O)c1nccnc1N1CCc2cccc(N)c2C1. The number of anilines is 2. The van der Waals surface area contributed by atoms with Crippen molar-refractivity contribution in [3.63, 3.8) is 0 Å². The van der Waals surface area contributed by atoms with E-state index in [0.717, 1.165) is 24.2 Å². The fraction of sp³-hybridized carbons (Fsp3) is 0.214. The van der Waals surface area contributed by atoms with E-state index in [-0.39, 0.29) is 5.69 Å². The van der Waals surface area contributed by atoms with Gasteiger partial charge in [0.15, 0.2) is 11.5 Å². The van der Waals surface area contributed by atoms with Crippen molar-refractivity contribution in [2.45, 2.75) is 13.0 Å². The molecule has 0 saturated carbocycles. The minimum Gasteiger partial charge on any atom is -0.398 e. The van der Waals surface area contributed by atoms with Crippen LogP contribution >= 0.6 is 0 Å². The Morgan fingerprint density at radius 3 is 2.85 bits per heavy atom. The Morgan fingerprint density at radius 2 is 2.05 bits per heavy atom. The number of amides is 1. The summed E-state index contributed by atoms with van der Waals surface area (Å²) in [6.07, 6.45) is 3.89. The van der Waals surface area contributed by atoms with Crippen LogP contribution in [0.25, 0.3) is 0 Å². The molecule has 0 saturated heterocycles. The summed E-state index contributed by atoms with van der Waals surface area (Å²) in [4.78, 5) is 21.7. The first-order valence-electron chi connectivity index (χ1n) is 6.39. The van der Waals surface area contributed by atoms with Crippen LogP contribution in [0.5, 0.6) is 0 Å². The lowest BCUT2D eigenvalue weighted by Crippen LogP contribution is -2.33. The second kappa shape index (κ2) is 4.80. The summed E-state index contributed by atoms with van der Waals surface area (Å²) in [5, 5.41) is 0. The van der Waals surface area contributed by atoms with Crippen molar-refractivity contribution in [2.75, 3.05) is 17.2 Å². The lowest BCUT2D eigenvalue weighted by atomic mass is 9.98. The molecule has 0 unspecified atom stereocenters. The number of benzene rings is 1. The third-order valence-corrected chi connectivity index (χ3v) is 3.52. The smallest absolute Gasteiger partial charge is 0.271 e. The molecular formula is C14H15N5O. The molecule has 1 aromatic carbocycles. The molecule has 1 aliphatic rings. The van der Waals surface area contributed by atoms with E-state index in [9.17, 15) is 4.79 Å². The molecule has 6 nitrogen and oxygen atoms in total. The highest BCUT2D eigenvalue weighted by Crippen LogP contribution is 2.27. The fourth-order valence-electron chi connectivity index (χ4n) is 2.52. The predicted octanol–water partition coefficient (Wildman–Crippen LogP) is 0.720. The van der Waals surface area contributed by atoms with Gasteiger partial charge in [-0.15, -0.1) is 0 Å². The van der Waals surface area contributed by atoms with Crippen LogP contribution in [0.4, 0.5) is 11.5 Å². The van der Waals surface area contributed by atoms with E-state index < -0.39 is 5.91 Å². The van der Waals surface area contributed by atoms with Crippen LogP contribution in [0.15, 0.2) is 30.6 Å². The molecule has 0 aliphatic carbocycles. The van der Waals surface area contributed by atoms with E-state index in [4.69, 9.17) is 11.5 Å². The Bertz CT molecular complexity index is 670. The van der Waals surface area contributed by atoms with Gasteiger partial charge in [0, 0.05) is 31.2 Å². The molecule has 0 radical (unpaired) electrons. The van der Waals surface area contributed by atoms with Crippen molar-refractivity contribution in [1.29, 1.82) is 0 Å². The lowest BCUT2D eigenvalue weighted by molar-refractivity contribution is 0.0995. The summed E-state index contributed by atoms with van der Waals surface area (Å²) in [5.74, 6) is -0.0474. The highest BCUT2D eigenvalue weighted by molar-refractivity contribution is 5.95.